The van der Waals surface area contributed by atoms with Gasteiger partial charge in [0, 0.05) is 25.7 Å². The molecule has 0 bridgehead atoms. The molecule has 1 atom stereocenters. The summed E-state index contributed by atoms with van der Waals surface area (Å²) in [7, 11) is 0. The van der Waals surface area contributed by atoms with Crippen molar-refractivity contribution in [3.63, 3.8) is 0 Å². The summed E-state index contributed by atoms with van der Waals surface area (Å²) < 4.78 is 1.33. The Hall–Kier alpha value is -1.43. The average molecular weight is 249 g/mol. The lowest BCUT2D eigenvalue weighted by atomic mass is 9.84. The van der Waals surface area contributed by atoms with Crippen LogP contribution >= 0.6 is 0 Å². The second kappa shape index (κ2) is 4.05. The van der Waals surface area contributed by atoms with E-state index in [-0.39, 0.29) is 11.6 Å². The normalized spacial score (nSPS) is 28.1. The van der Waals surface area contributed by atoms with Crippen molar-refractivity contribution in [1.82, 2.24) is 24.6 Å². The molecule has 98 valence electrons. The lowest BCUT2D eigenvalue weighted by Gasteiger charge is -2.50. The quantitative estimate of drug-likeness (QED) is 0.739. The van der Waals surface area contributed by atoms with E-state index in [9.17, 15) is 4.79 Å². The third kappa shape index (κ3) is 1.63. The van der Waals surface area contributed by atoms with Gasteiger partial charge < -0.3 is 4.90 Å². The first-order valence-electron chi connectivity index (χ1n) is 6.53. The van der Waals surface area contributed by atoms with Crippen molar-refractivity contribution in [2.24, 2.45) is 0 Å². The lowest BCUT2D eigenvalue weighted by molar-refractivity contribution is 0.0275. The molecule has 1 spiro atoms. The number of nitrogens with zero attached hydrogens (tertiary/aromatic N) is 5. The molecule has 1 aromatic heterocycles. The van der Waals surface area contributed by atoms with Crippen LogP contribution in [0.2, 0.25) is 0 Å². The first-order chi connectivity index (χ1) is 8.62. The number of rotatable bonds is 1. The highest BCUT2D eigenvalue weighted by Gasteiger charge is 2.52. The van der Waals surface area contributed by atoms with Gasteiger partial charge in [-0.1, -0.05) is 0 Å². The summed E-state index contributed by atoms with van der Waals surface area (Å²) in [5.74, 6) is 0. The zero-order chi connectivity index (χ0) is 12.8. The number of carbonyl (C=O) groups is 1. The zero-order valence-electron chi connectivity index (χ0n) is 10.9. The fraction of sp³-hybridized carbons (Fsp3) is 0.750. The van der Waals surface area contributed by atoms with Crippen LogP contribution in [-0.4, -0.2) is 61.8 Å². The van der Waals surface area contributed by atoms with Crippen LogP contribution in [0.25, 0.3) is 0 Å². The van der Waals surface area contributed by atoms with Gasteiger partial charge in [-0.05, 0) is 26.7 Å². The molecule has 0 aliphatic carbocycles. The molecule has 3 rings (SSSR count). The fourth-order valence-electron chi connectivity index (χ4n) is 3.02. The van der Waals surface area contributed by atoms with Crippen LogP contribution in [-0.2, 0) is 0 Å². The van der Waals surface area contributed by atoms with Crippen molar-refractivity contribution in [1.29, 1.82) is 0 Å². The summed E-state index contributed by atoms with van der Waals surface area (Å²) in [5, 5.41) is 3.93. The molecule has 2 fully saturated rings. The van der Waals surface area contributed by atoms with Crippen LogP contribution in [0.15, 0.2) is 12.7 Å². The molecule has 6 heteroatoms. The second-order valence-corrected chi connectivity index (χ2v) is 5.56. The maximum atomic E-state index is 12.3. The predicted molar refractivity (Wildman–Crippen MR) is 66.2 cm³/mol. The average Bonchev–Trinajstić information content (AvgIpc) is 2.98. The maximum absolute atomic E-state index is 12.3. The van der Waals surface area contributed by atoms with Crippen molar-refractivity contribution in [3.8, 4) is 0 Å². The van der Waals surface area contributed by atoms with E-state index in [4.69, 9.17) is 0 Å². The van der Waals surface area contributed by atoms with Crippen LogP contribution < -0.4 is 0 Å². The maximum Gasteiger partial charge on any atom is 0.346 e. The summed E-state index contributed by atoms with van der Waals surface area (Å²) in [4.78, 5) is 20.5. The van der Waals surface area contributed by atoms with E-state index in [0.29, 0.717) is 6.04 Å². The van der Waals surface area contributed by atoms with E-state index in [1.54, 1.807) is 0 Å². The summed E-state index contributed by atoms with van der Waals surface area (Å²) in [5.41, 5.74) is 0.0489. The van der Waals surface area contributed by atoms with Crippen LogP contribution in [0.3, 0.4) is 0 Å². The molecule has 0 aromatic carbocycles. The number of hydrogen-bond donors (Lipinski definition) is 0. The van der Waals surface area contributed by atoms with E-state index >= 15 is 0 Å². The predicted octanol–water partition coefficient (Wildman–Crippen LogP) is 0.805. The molecule has 0 saturated carbocycles. The topological polar surface area (TPSA) is 54.3 Å². The van der Waals surface area contributed by atoms with Gasteiger partial charge in [0.15, 0.2) is 0 Å². The molecular formula is C12H19N5O. The van der Waals surface area contributed by atoms with E-state index in [2.05, 4.69) is 28.8 Å². The van der Waals surface area contributed by atoms with Crippen LogP contribution in [0, 0.1) is 0 Å². The van der Waals surface area contributed by atoms with E-state index in [0.717, 1.165) is 32.5 Å². The molecule has 1 amide bonds. The van der Waals surface area contributed by atoms with Gasteiger partial charge >= 0.3 is 6.03 Å². The Morgan fingerprint density at radius 2 is 2.11 bits per heavy atom. The minimum absolute atomic E-state index is 0.0376. The van der Waals surface area contributed by atoms with Crippen LogP contribution in [0.4, 0.5) is 4.79 Å². The molecule has 3 heterocycles. The highest BCUT2D eigenvalue weighted by molar-refractivity contribution is 5.77. The molecule has 2 aliphatic rings. The van der Waals surface area contributed by atoms with Gasteiger partial charge in [0.05, 0.1) is 5.54 Å². The molecule has 6 nitrogen and oxygen atoms in total. The number of aromatic nitrogens is 3. The summed E-state index contributed by atoms with van der Waals surface area (Å²) >= 11 is 0. The van der Waals surface area contributed by atoms with Gasteiger partial charge in [-0.15, -0.1) is 0 Å². The Bertz CT molecular complexity index is 443. The monoisotopic (exact) mass is 249 g/mol. The standard InChI is InChI=1S/C12H19N5O/c1-10(2)15-5-3-12(7-15)4-6-16(12)11(18)17-9-13-8-14-17/h8-10H,3-7H2,1-2H3. The van der Waals surface area contributed by atoms with E-state index in [1.165, 1.54) is 17.3 Å². The summed E-state index contributed by atoms with van der Waals surface area (Å²) in [6.45, 7) is 7.33. The van der Waals surface area contributed by atoms with Crippen molar-refractivity contribution >= 4 is 6.03 Å². The summed E-state index contributed by atoms with van der Waals surface area (Å²) in [6, 6.07) is 0.512. The smallest absolute Gasteiger partial charge is 0.316 e. The lowest BCUT2D eigenvalue weighted by Crippen LogP contribution is -2.64. The Morgan fingerprint density at radius 3 is 2.61 bits per heavy atom. The molecule has 2 saturated heterocycles. The minimum Gasteiger partial charge on any atom is -0.316 e. The zero-order valence-corrected chi connectivity index (χ0v) is 10.9. The first kappa shape index (κ1) is 11.6. The second-order valence-electron chi connectivity index (χ2n) is 5.56. The Labute approximate surface area is 107 Å². The van der Waals surface area contributed by atoms with Crippen LogP contribution in [0.1, 0.15) is 26.7 Å². The first-order valence-corrected chi connectivity index (χ1v) is 6.53. The Balaban J connectivity index is 1.74. The van der Waals surface area contributed by atoms with Crippen molar-refractivity contribution in [3.05, 3.63) is 12.7 Å². The molecule has 18 heavy (non-hydrogen) atoms. The SMILES string of the molecule is CC(C)N1CCC2(CCN2C(=O)n2cncn2)C1. The van der Waals surface area contributed by atoms with Crippen molar-refractivity contribution in [2.75, 3.05) is 19.6 Å². The molecule has 2 aliphatic heterocycles. The third-order valence-electron chi connectivity index (χ3n) is 4.31. The highest BCUT2D eigenvalue weighted by atomic mass is 16.2. The minimum atomic E-state index is -0.0376. The molecule has 0 radical (unpaired) electrons. The fourth-order valence-corrected chi connectivity index (χ4v) is 3.02. The Morgan fingerprint density at radius 1 is 1.33 bits per heavy atom. The molecule has 0 N–H and O–H groups in total. The molecular weight excluding hydrogens is 230 g/mol. The number of amides is 1. The van der Waals surface area contributed by atoms with Gasteiger partial charge in [-0.3, -0.25) is 4.90 Å². The Kier molecular flexibility index (Phi) is 2.62. The van der Waals surface area contributed by atoms with E-state index in [1.807, 2.05) is 4.90 Å². The van der Waals surface area contributed by atoms with E-state index < -0.39 is 0 Å². The summed E-state index contributed by atoms with van der Waals surface area (Å²) in [6.07, 6.45) is 5.06. The van der Waals surface area contributed by atoms with Gasteiger partial charge in [-0.25, -0.2) is 9.78 Å². The van der Waals surface area contributed by atoms with Crippen molar-refractivity contribution < 1.29 is 4.79 Å². The largest absolute Gasteiger partial charge is 0.346 e. The number of likely N-dealkylation sites (tertiary alicyclic amines) is 2. The van der Waals surface area contributed by atoms with Gasteiger partial charge in [0.2, 0.25) is 0 Å². The van der Waals surface area contributed by atoms with Gasteiger partial charge in [0.1, 0.15) is 12.7 Å². The third-order valence-corrected chi connectivity index (χ3v) is 4.31. The number of carbonyl (C=O) groups excluding carboxylic acids is 1. The highest BCUT2D eigenvalue weighted by Crippen LogP contribution is 2.39. The van der Waals surface area contributed by atoms with Crippen LogP contribution in [0.5, 0.6) is 0 Å². The van der Waals surface area contributed by atoms with Gasteiger partial charge in [-0.2, -0.15) is 9.78 Å². The molecule has 1 unspecified atom stereocenters. The van der Waals surface area contributed by atoms with Crippen molar-refractivity contribution in [2.45, 2.75) is 38.3 Å². The number of hydrogen-bond acceptors (Lipinski definition) is 4. The molecule has 1 aromatic rings. The van der Waals surface area contributed by atoms with Gasteiger partial charge in [0.25, 0.3) is 0 Å².